The quantitative estimate of drug-likeness (QED) is 0.905. The summed E-state index contributed by atoms with van der Waals surface area (Å²) >= 11 is 0. The fourth-order valence-corrected chi connectivity index (χ4v) is 5.23. The maximum absolute atomic E-state index is 9.41. The molecule has 2 aromatic rings. The van der Waals surface area contributed by atoms with Crippen molar-refractivity contribution in [2.75, 3.05) is 20.1 Å². The van der Waals surface area contributed by atoms with Gasteiger partial charge in [-0.2, -0.15) is 5.26 Å². The zero-order valence-electron chi connectivity index (χ0n) is 16.4. The second kappa shape index (κ2) is 7.46. The number of benzene rings is 2. The molecule has 27 heavy (non-hydrogen) atoms. The number of nitriles is 1. The van der Waals surface area contributed by atoms with Gasteiger partial charge in [-0.05, 0) is 74.6 Å². The summed E-state index contributed by atoms with van der Waals surface area (Å²) in [5, 5.41) is 13.3. The lowest BCUT2D eigenvalue weighted by molar-refractivity contribution is 0.157. The number of fused-ring (bicyclic) bond motifs is 4. The molecule has 0 radical (unpaired) electrons. The van der Waals surface area contributed by atoms with E-state index in [4.69, 9.17) is 0 Å². The first-order chi connectivity index (χ1) is 13.1. The van der Waals surface area contributed by atoms with E-state index in [-0.39, 0.29) is 5.41 Å². The van der Waals surface area contributed by atoms with Crippen LogP contribution in [0.15, 0.2) is 48.5 Å². The second-order valence-electron chi connectivity index (χ2n) is 8.42. The molecule has 0 aromatic heterocycles. The Bertz CT molecular complexity index is 838. The summed E-state index contributed by atoms with van der Waals surface area (Å²) in [6.45, 7) is 4.55. The van der Waals surface area contributed by atoms with Gasteiger partial charge in [0.2, 0.25) is 0 Å². The third kappa shape index (κ3) is 3.40. The van der Waals surface area contributed by atoms with Crippen molar-refractivity contribution >= 4 is 0 Å². The van der Waals surface area contributed by atoms with Crippen LogP contribution in [0.4, 0.5) is 0 Å². The SMILES string of the molecule is CN1CCC[C@@]2(C)c3cc(C#N)ccc3C[C@@H]1[C@@H]2NCCc1ccccc1. The summed E-state index contributed by atoms with van der Waals surface area (Å²) in [6, 6.07) is 20.3. The summed E-state index contributed by atoms with van der Waals surface area (Å²) in [7, 11) is 2.27. The molecular formula is C24H29N3. The smallest absolute Gasteiger partial charge is 0.0991 e. The van der Waals surface area contributed by atoms with Crippen molar-refractivity contribution in [3.05, 3.63) is 70.8 Å². The second-order valence-corrected chi connectivity index (χ2v) is 8.42. The Hall–Kier alpha value is -2.15. The van der Waals surface area contributed by atoms with Gasteiger partial charge in [0, 0.05) is 17.5 Å². The lowest BCUT2D eigenvalue weighted by Gasteiger charge is -2.48. The van der Waals surface area contributed by atoms with Crippen molar-refractivity contribution in [3.63, 3.8) is 0 Å². The molecule has 0 amide bonds. The number of hydrogen-bond acceptors (Lipinski definition) is 3. The molecular weight excluding hydrogens is 330 g/mol. The van der Waals surface area contributed by atoms with Gasteiger partial charge in [0.25, 0.3) is 0 Å². The molecule has 4 rings (SSSR count). The summed E-state index contributed by atoms with van der Waals surface area (Å²) < 4.78 is 0. The fraction of sp³-hybridized carbons (Fsp3) is 0.458. The number of rotatable bonds is 4. The highest BCUT2D eigenvalue weighted by Gasteiger charge is 2.47. The molecule has 0 saturated carbocycles. The molecule has 1 aliphatic carbocycles. The van der Waals surface area contributed by atoms with Crippen molar-refractivity contribution in [1.29, 1.82) is 5.26 Å². The molecule has 1 aliphatic heterocycles. The third-order valence-corrected chi connectivity index (χ3v) is 6.75. The standard InChI is InChI=1S/C24H29N3/c1-24-12-6-14-27(2)22(16-20-10-9-19(17-25)15-21(20)24)23(24)26-13-11-18-7-4-3-5-8-18/h3-5,7-10,15,22-23,26H,6,11-14,16H2,1-2H3/t22-,23+,24+/m1/s1. The highest BCUT2D eigenvalue weighted by Crippen LogP contribution is 2.44. The van der Waals surface area contributed by atoms with E-state index in [9.17, 15) is 5.26 Å². The summed E-state index contributed by atoms with van der Waals surface area (Å²) in [6.07, 6.45) is 4.49. The minimum atomic E-state index is 0.0760. The highest BCUT2D eigenvalue weighted by molar-refractivity contribution is 5.46. The van der Waals surface area contributed by atoms with Gasteiger partial charge < -0.3 is 10.2 Å². The van der Waals surface area contributed by atoms with Gasteiger partial charge in [-0.3, -0.25) is 0 Å². The van der Waals surface area contributed by atoms with Crippen molar-refractivity contribution in [2.24, 2.45) is 0 Å². The average Bonchev–Trinajstić information content (AvgIpc) is 2.77. The predicted molar refractivity (Wildman–Crippen MR) is 110 cm³/mol. The van der Waals surface area contributed by atoms with E-state index >= 15 is 0 Å². The monoisotopic (exact) mass is 359 g/mol. The Labute approximate surface area is 163 Å². The molecule has 1 N–H and O–H groups in total. The maximum atomic E-state index is 9.41. The van der Waals surface area contributed by atoms with Crippen LogP contribution in [-0.4, -0.2) is 37.1 Å². The Morgan fingerprint density at radius 1 is 1.22 bits per heavy atom. The van der Waals surface area contributed by atoms with Gasteiger partial charge in [0.05, 0.1) is 11.6 Å². The van der Waals surface area contributed by atoms with Crippen LogP contribution in [0.5, 0.6) is 0 Å². The Kier molecular flexibility index (Phi) is 5.04. The van der Waals surface area contributed by atoms with E-state index in [1.807, 2.05) is 6.07 Å². The minimum Gasteiger partial charge on any atom is -0.311 e. The van der Waals surface area contributed by atoms with E-state index in [1.54, 1.807) is 0 Å². The van der Waals surface area contributed by atoms with Crippen LogP contribution in [0.3, 0.4) is 0 Å². The fourth-order valence-electron chi connectivity index (χ4n) is 5.23. The number of hydrogen-bond donors (Lipinski definition) is 1. The Morgan fingerprint density at radius 2 is 2.04 bits per heavy atom. The summed E-state index contributed by atoms with van der Waals surface area (Å²) in [4.78, 5) is 2.55. The normalized spacial score (nSPS) is 27.4. The Balaban J connectivity index is 1.63. The number of nitrogens with one attached hydrogen (secondary N) is 1. The van der Waals surface area contributed by atoms with E-state index in [0.29, 0.717) is 12.1 Å². The maximum Gasteiger partial charge on any atom is 0.0991 e. The lowest BCUT2D eigenvalue weighted by Crippen LogP contribution is -2.60. The van der Waals surface area contributed by atoms with Gasteiger partial charge in [0.15, 0.2) is 0 Å². The molecule has 2 bridgehead atoms. The van der Waals surface area contributed by atoms with Gasteiger partial charge in [-0.25, -0.2) is 0 Å². The third-order valence-electron chi connectivity index (χ3n) is 6.75. The Morgan fingerprint density at radius 3 is 2.81 bits per heavy atom. The van der Waals surface area contributed by atoms with Crippen LogP contribution in [0.2, 0.25) is 0 Å². The first-order valence-corrected chi connectivity index (χ1v) is 10.1. The molecule has 140 valence electrons. The van der Waals surface area contributed by atoms with Crippen molar-refractivity contribution in [1.82, 2.24) is 10.2 Å². The molecule has 1 fully saturated rings. The molecule has 2 aliphatic rings. The number of nitrogens with zero attached hydrogens (tertiary/aromatic N) is 2. The van der Waals surface area contributed by atoms with Gasteiger partial charge in [0.1, 0.15) is 0 Å². The zero-order valence-corrected chi connectivity index (χ0v) is 16.4. The van der Waals surface area contributed by atoms with Crippen molar-refractivity contribution in [2.45, 2.75) is 50.1 Å². The topological polar surface area (TPSA) is 39.1 Å². The number of likely N-dealkylation sites (N-methyl/N-ethyl adjacent to an activating group) is 1. The molecule has 0 unspecified atom stereocenters. The molecule has 3 heteroatoms. The zero-order chi connectivity index (χ0) is 18.9. The first kappa shape index (κ1) is 18.2. The van der Waals surface area contributed by atoms with Gasteiger partial charge in [-0.1, -0.05) is 43.3 Å². The van der Waals surface area contributed by atoms with E-state index in [0.717, 1.165) is 31.5 Å². The highest BCUT2D eigenvalue weighted by atomic mass is 15.2. The predicted octanol–water partition coefficient (Wildman–Crippen LogP) is 3.67. The van der Waals surface area contributed by atoms with E-state index in [2.05, 4.69) is 72.7 Å². The first-order valence-electron chi connectivity index (χ1n) is 10.1. The van der Waals surface area contributed by atoms with E-state index < -0.39 is 0 Å². The van der Waals surface area contributed by atoms with Crippen molar-refractivity contribution < 1.29 is 0 Å². The van der Waals surface area contributed by atoms with Crippen molar-refractivity contribution in [3.8, 4) is 6.07 Å². The summed E-state index contributed by atoms with van der Waals surface area (Å²) in [5.74, 6) is 0. The molecule has 1 heterocycles. The van der Waals surface area contributed by atoms with Crippen LogP contribution in [-0.2, 0) is 18.3 Å². The van der Waals surface area contributed by atoms with E-state index in [1.165, 1.54) is 29.5 Å². The van der Waals surface area contributed by atoms with Crippen LogP contribution in [0, 0.1) is 11.3 Å². The average molecular weight is 360 g/mol. The largest absolute Gasteiger partial charge is 0.311 e. The van der Waals surface area contributed by atoms with Crippen LogP contribution < -0.4 is 5.32 Å². The summed E-state index contributed by atoms with van der Waals surface area (Å²) in [5.41, 5.74) is 5.07. The molecule has 3 nitrogen and oxygen atoms in total. The lowest BCUT2D eigenvalue weighted by atomic mass is 9.64. The molecule has 0 spiro atoms. The minimum absolute atomic E-state index is 0.0760. The molecule has 2 aromatic carbocycles. The van der Waals surface area contributed by atoms with Gasteiger partial charge in [-0.15, -0.1) is 0 Å². The van der Waals surface area contributed by atoms with Crippen LogP contribution in [0.1, 0.15) is 42.0 Å². The molecule has 1 saturated heterocycles. The van der Waals surface area contributed by atoms with Gasteiger partial charge >= 0.3 is 0 Å². The van der Waals surface area contributed by atoms with Crippen LogP contribution in [0.25, 0.3) is 0 Å². The van der Waals surface area contributed by atoms with Crippen LogP contribution >= 0.6 is 0 Å². The number of likely N-dealkylation sites (tertiary alicyclic amines) is 1. The molecule has 3 atom stereocenters.